The summed E-state index contributed by atoms with van der Waals surface area (Å²) in [6, 6.07) is 0. The van der Waals surface area contributed by atoms with Crippen LogP contribution in [0.3, 0.4) is 0 Å². The number of ether oxygens (including phenoxy) is 3. The molecule has 0 heterocycles. The lowest BCUT2D eigenvalue weighted by atomic mass is 10.3. The molecule has 0 aromatic heterocycles. The summed E-state index contributed by atoms with van der Waals surface area (Å²) in [5.74, 6) is 0.853. The summed E-state index contributed by atoms with van der Waals surface area (Å²) in [5, 5.41) is 6.65. The predicted molar refractivity (Wildman–Crippen MR) is 102 cm³/mol. The highest BCUT2D eigenvalue weighted by atomic mass is 127. The molecule has 0 bridgehead atoms. The highest BCUT2D eigenvalue weighted by Crippen LogP contribution is 1.93. The van der Waals surface area contributed by atoms with Crippen molar-refractivity contribution in [1.29, 1.82) is 0 Å². The maximum absolute atomic E-state index is 5.32. The summed E-state index contributed by atoms with van der Waals surface area (Å²) in [4.78, 5) is 4.53. The van der Waals surface area contributed by atoms with Gasteiger partial charge in [-0.15, -0.1) is 24.0 Å². The molecule has 0 saturated carbocycles. The minimum absolute atomic E-state index is 0. The fraction of sp³-hybridized carbons (Fsp3) is 0.933. The van der Waals surface area contributed by atoms with Gasteiger partial charge in [-0.2, -0.15) is 0 Å². The number of halogens is 1. The Morgan fingerprint density at radius 1 is 1.09 bits per heavy atom. The maximum atomic E-state index is 5.32. The summed E-state index contributed by atoms with van der Waals surface area (Å²) in [6.45, 7) is 8.82. The normalized spacial score (nSPS) is 12.6. The van der Waals surface area contributed by atoms with Gasteiger partial charge in [-0.05, 0) is 33.1 Å². The fourth-order valence-corrected chi connectivity index (χ4v) is 1.61. The number of aliphatic imine (C=N–C) groups is 1. The Morgan fingerprint density at radius 2 is 1.82 bits per heavy atom. The molecule has 0 fully saturated rings. The van der Waals surface area contributed by atoms with Crippen LogP contribution in [0.1, 0.15) is 33.1 Å². The molecule has 0 aliphatic heterocycles. The van der Waals surface area contributed by atoms with Crippen LogP contribution in [0.15, 0.2) is 4.99 Å². The van der Waals surface area contributed by atoms with E-state index in [1.165, 1.54) is 0 Å². The van der Waals surface area contributed by atoms with Crippen LogP contribution in [-0.4, -0.2) is 65.7 Å². The van der Waals surface area contributed by atoms with Crippen molar-refractivity contribution in [2.45, 2.75) is 39.2 Å². The monoisotopic (exact) mass is 431 g/mol. The summed E-state index contributed by atoms with van der Waals surface area (Å²) >= 11 is 0. The molecule has 0 aromatic rings. The van der Waals surface area contributed by atoms with Gasteiger partial charge in [0, 0.05) is 53.7 Å². The second-order valence-electron chi connectivity index (χ2n) is 4.82. The first-order valence-electron chi connectivity index (χ1n) is 7.86. The van der Waals surface area contributed by atoms with E-state index in [0.29, 0.717) is 0 Å². The minimum atomic E-state index is 0. The summed E-state index contributed by atoms with van der Waals surface area (Å²) in [7, 11) is 3.44. The van der Waals surface area contributed by atoms with Crippen LogP contribution < -0.4 is 10.6 Å². The second-order valence-corrected chi connectivity index (χ2v) is 4.82. The fourth-order valence-electron chi connectivity index (χ4n) is 1.61. The van der Waals surface area contributed by atoms with Gasteiger partial charge in [0.2, 0.25) is 0 Å². The number of rotatable bonds is 13. The number of hydrogen-bond acceptors (Lipinski definition) is 4. The highest BCUT2D eigenvalue weighted by molar-refractivity contribution is 14.0. The molecule has 2 N–H and O–H groups in total. The Bertz CT molecular complexity index is 256. The van der Waals surface area contributed by atoms with Crippen molar-refractivity contribution >= 4 is 29.9 Å². The van der Waals surface area contributed by atoms with E-state index in [4.69, 9.17) is 14.2 Å². The molecule has 1 unspecified atom stereocenters. The van der Waals surface area contributed by atoms with Crippen molar-refractivity contribution in [1.82, 2.24) is 10.6 Å². The quantitative estimate of drug-likeness (QED) is 0.202. The molecule has 0 amide bonds. The average Bonchev–Trinajstić information content (AvgIpc) is 2.50. The molecular formula is C15H34IN3O3. The smallest absolute Gasteiger partial charge is 0.191 e. The van der Waals surface area contributed by atoms with Gasteiger partial charge in [0.05, 0.1) is 6.10 Å². The highest BCUT2D eigenvalue weighted by Gasteiger charge is 2.01. The Kier molecular flexibility index (Phi) is 20.8. The van der Waals surface area contributed by atoms with Gasteiger partial charge in [0.1, 0.15) is 0 Å². The first kappa shape index (κ1) is 24.1. The van der Waals surface area contributed by atoms with Crippen molar-refractivity contribution in [3.8, 4) is 0 Å². The first-order valence-corrected chi connectivity index (χ1v) is 7.86. The van der Waals surface area contributed by atoms with Gasteiger partial charge in [-0.1, -0.05) is 0 Å². The number of methoxy groups -OCH3 is 2. The minimum Gasteiger partial charge on any atom is -0.385 e. The third kappa shape index (κ3) is 16.3. The third-order valence-corrected chi connectivity index (χ3v) is 2.98. The van der Waals surface area contributed by atoms with Crippen molar-refractivity contribution in [3.63, 3.8) is 0 Å². The van der Waals surface area contributed by atoms with Crippen LogP contribution in [0, 0.1) is 0 Å². The second kappa shape index (κ2) is 18.9. The lowest BCUT2D eigenvalue weighted by molar-refractivity contribution is 0.112. The predicted octanol–water partition coefficient (Wildman–Crippen LogP) is 2.03. The first-order chi connectivity index (χ1) is 10.2. The molecule has 6 nitrogen and oxygen atoms in total. The summed E-state index contributed by atoms with van der Waals surface area (Å²) < 4.78 is 15.6. The number of nitrogens with zero attached hydrogens (tertiary/aromatic N) is 1. The van der Waals surface area contributed by atoms with Crippen molar-refractivity contribution in [2.24, 2.45) is 4.99 Å². The zero-order valence-corrected chi connectivity index (χ0v) is 16.9. The standard InChI is InChI=1S/C15H33N3O3.HI/c1-5-21-13-7-10-17-15(16-9-6-12-19-3)18-11-8-14(2)20-4;/h14H,5-13H2,1-4H3,(H2,16,17,18);1H. The SMILES string of the molecule is CCOCCCNC(=NCCCOC)NCCC(C)OC.I. The number of nitrogens with one attached hydrogen (secondary N) is 2. The Hall–Kier alpha value is -0.120. The van der Waals surface area contributed by atoms with Crippen LogP contribution in [0.4, 0.5) is 0 Å². The molecule has 1 atom stereocenters. The van der Waals surface area contributed by atoms with Crippen molar-refractivity contribution in [2.75, 3.05) is 53.7 Å². The van der Waals surface area contributed by atoms with Gasteiger partial charge in [0.25, 0.3) is 0 Å². The third-order valence-electron chi connectivity index (χ3n) is 2.98. The van der Waals surface area contributed by atoms with Gasteiger partial charge < -0.3 is 24.8 Å². The number of guanidine groups is 1. The topological polar surface area (TPSA) is 64.1 Å². The molecule has 7 heteroatoms. The van der Waals surface area contributed by atoms with E-state index in [9.17, 15) is 0 Å². The van der Waals surface area contributed by atoms with Crippen LogP contribution in [0.25, 0.3) is 0 Å². The molecule has 0 aliphatic carbocycles. The van der Waals surface area contributed by atoms with Gasteiger partial charge in [-0.3, -0.25) is 4.99 Å². The molecule has 0 aromatic carbocycles. The zero-order chi connectivity index (χ0) is 15.8. The van der Waals surface area contributed by atoms with Crippen LogP contribution in [0.5, 0.6) is 0 Å². The molecule has 0 spiro atoms. The molecule has 0 saturated heterocycles. The Labute approximate surface area is 152 Å². The van der Waals surface area contributed by atoms with E-state index in [-0.39, 0.29) is 30.1 Å². The Balaban J connectivity index is 0. The van der Waals surface area contributed by atoms with Gasteiger partial charge in [-0.25, -0.2) is 0 Å². The lowest BCUT2D eigenvalue weighted by Gasteiger charge is -2.14. The van der Waals surface area contributed by atoms with Gasteiger partial charge >= 0.3 is 0 Å². The Morgan fingerprint density at radius 3 is 2.45 bits per heavy atom. The lowest BCUT2D eigenvalue weighted by Crippen LogP contribution is -2.39. The van der Waals surface area contributed by atoms with E-state index in [1.807, 2.05) is 6.92 Å². The van der Waals surface area contributed by atoms with Crippen LogP contribution in [0.2, 0.25) is 0 Å². The van der Waals surface area contributed by atoms with Crippen LogP contribution in [-0.2, 0) is 14.2 Å². The molecular weight excluding hydrogens is 397 g/mol. The van der Waals surface area contributed by atoms with E-state index in [2.05, 4.69) is 22.5 Å². The number of hydrogen-bond donors (Lipinski definition) is 2. The van der Waals surface area contributed by atoms with E-state index in [1.54, 1.807) is 14.2 Å². The molecule has 22 heavy (non-hydrogen) atoms. The summed E-state index contributed by atoms with van der Waals surface area (Å²) in [6.07, 6.45) is 3.11. The molecule has 0 rings (SSSR count). The van der Waals surface area contributed by atoms with E-state index >= 15 is 0 Å². The van der Waals surface area contributed by atoms with E-state index < -0.39 is 0 Å². The molecule has 134 valence electrons. The van der Waals surface area contributed by atoms with Gasteiger partial charge in [0.15, 0.2) is 5.96 Å². The van der Waals surface area contributed by atoms with Crippen molar-refractivity contribution in [3.05, 3.63) is 0 Å². The van der Waals surface area contributed by atoms with Crippen molar-refractivity contribution < 1.29 is 14.2 Å². The molecule has 0 radical (unpaired) electrons. The molecule has 0 aliphatic rings. The zero-order valence-electron chi connectivity index (χ0n) is 14.5. The van der Waals surface area contributed by atoms with Crippen LogP contribution >= 0.6 is 24.0 Å². The van der Waals surface area contributed by atoms with E-state index in [0.717, 1.165) is 64.7 Å². The summed E-state index contributed by atoms with van der Waals surface area (Å²) in [5.41, 5.74) is 0. The average molecular weight is 431 g/mol. The largest absolute Gasteiger partial charge is 0.385 e. The maximum Gasteiger partial charge on any atom is 0.191 e.